The maximum absolute atomic E-state index is 5.38. The molecule has 0 bridgehead atoms. The summed E-state index contributed by atoms with van der Waals surface area (Å²) in [4.78, 5) is 3.54. The number of hydrogen-bond acceptors (Lipinski definition) is 2. The van der Waals surface area contributed by atoms with Gasteiger partial charge < -0.3 is 0 Å². The van der Waals surface area contributed by atoms with Crippen LogP contribution in [0.3, 0.4) is 0 Å². The van der Waals surface area contributed by atoms with Gasteiger partial charge in [0.25, 0.3) is 0 Å². The zero-order valence-electron chi connectivity index (χ0n) is 3.11. The van der Waals surface area contributed by atoms with Gasteiger partial charge in [-0.3, -0.25) is 0 Å². The maximum Gasteiger partial charge on any atom is 0.185 e. The van der Waals surface area contributed by atoms with Crippen LogP contribution in [0.2, 0.25) is 8.80 Å². The lowest BCUT2D eigenvalue weighted by Gasteiger charge is -1.63. The summed E-state index contributed by atoms with van der Waals surface area (Å²) in [5.74, 6) is 0. The molecule has 0 saturated carbocycles. The quantitative estimate of drug-likeness (QED) is 0.556. The molecular formula is C3Cl2NS. The van der Waals surface area contributed by atoms with Gasteiger partial charge in [0.05, 0.1) is 0 Å². The molecule has 37 valence electrons. The van der Waals surface area contributed by atoms with Crippen LogP contribution in [-0.2, 0) is 0 Å². The van der Waals surface area contributed by atoms with Gasteiger partial charge in [0.1, 0.15) is 10.5 Å². The van der Waals surface area contributed by atoms with Crippen molar-refractivity contribution in [1.29, 1.82) is 0 Å². The summed E-state index contributed by atoms with van der Waals surface area (Å²) in [7, 11) is 0. The molecule has 7 heavy (non-hydrogen) atoms. The minimum Gasteiger partial charge on any atom is -0.222 e. The van der Waals surface area contributed by atoms with Crippen LogP contribution in [0.1, 0.15) is 0 Å². The van der Waals surface area contributed by atoms with E-state index in [1.807, 2.05) is 0 Å². The van der Waals surface area contributed by atoms with Crippen molar-refractivity contribution in [2.75, 3.05) is 0 Å². The molecule has 0 aliphatic carbocycles. The Morgan fingerprint density at radius 3 is 2.43 bits per heavy atom. The molecule has 1 radical (unpaired) electrons. The monoisotopic (exact) mass is 152 g/mol. The van der Waals surface area contributed by atoms with Gasteiger partial charge in [0, 0.05) is 0 Å². The molecule has 1 nitrogen and oxygen atoms in total. The SMILES string of the molecule is Clc1[c]nc(Cl)s1. The first kappa shape index (κ1) is 5.35. The van der Waals surface area contributed by atoms with Crippen molar-refractivity contribution in [2.24, 2.45) is 0 Å². The molecule has 0 aromatic carbocycles. The number of nitrogens with zero attached hydrogens (tertiary/aromatic N) is 1. The summed E-state index contributed by atoms with van der Waals surface area (Å²) in [6.07, 6.45) is 2.47. The predicted octanol–water partition coefficient (Wildman–Crippen LogP) is 2.25. The Hall–Kier alpha value is 0.210. The van der Waals surface area contributed by atoms with Crippen molar-refractivity contribution in [3.05, 3.63) is 15.0 Å². The molecule has 1 aromatic rings. The van der Waals surface area contributed by atoms with Gasteiger partial charge in [0.2, 0.25) is 0 Å². The van der Waals surface area contributed by atoms with Crippen molar-refractivity contribution >= 4 is 34.5 Å². The lowest BCUT2D eigenvalue weighted by Crippen LogP contribution is -1.49. The smallest absolute Gasteiger partial charge is 0.185 e. The maximum atomic E-state index is 5.38. The highest BCUT2D eigenvalue weighted by Gasteiger charge is 1.92. The first-order valence-corrected chi connectivity index (χ1v) is 3.06. The summed E-state index contributed by atoms with van der Waals surface area (Å²) in [6.45, 7) is 0. The van der Waals surface area contributed by atoms with Crippen LogP contribution in [0.4, 0.5) is 0 Å². The lowest BCUT2D eigenvalue weighted by molar-refractivity contribution is 1.41. The number of aromatic nitrogens is 1. The third kappa shape index (κ3) is 1.30. The summed E-state index contributed by atoms with van der Waals surface area (Å²) in [5, 5.41) is 0. The molecule has 1 rings (SSSR count). The van der Waals surface area contributed by atoms with Gasteiger partial charge in [0.15, 0.2) is 4.47 Å². The van der Waals surface area contributed by atoms with Crippen molar-refractivity contribution in [2.45, 2.75) is 0 Å². The minimum absolute atomic E-state index is 0.435. The summed E-state index contributed by atoms with van der Waals surface area (Å²) in [5.41, 5.74) is 0. The van der Waals surface area contributed by atoms with E-state index in [1.54, 1.807) is 0 Å². The van der Waals surface area contributed by atoms with E-state index >= 15 is 0 Å². The molecule has 0 unspecified atom stereocenters. The standard InChI is InChI=1S/C3Cl2NS/c4-2-1-6-3(5)7-2. The molecule has 1 aromatic heterocycles. The van der Waals surface area contributed by atoms with Crippen LogP contribution < -0.4 is 0 Å². The normalized spacial score (nSPS) is 9.43. The van der Waals surface area contributed by atoms with E-state index in [-0.39, 0.29) is 0 Å². The molecule has 0 atom stereocenters. The van der Waals surface area contributed by atoms with Crippen LogP contribution >= 0.6 is 34.5 Å². The molecule has 0 spiro atoms. The molecular weight excluding hydrogens is 153 g/mol. The van der Waals surface area contributed by atoms with E-state index in [0.717, 1.165) is 0 Å². The fraction of sp³-hybridized carbons (Fsp3) is 0. The summed E-state index contributed by atoms with van der Waals surface area (Å²) in [6, 6.07) is 0. The van der Waals surface area contributed by atoms with E-state index in [1.165, 1.54) is 11.3 Å². The lowest BCUT2D eigenvalue weighted by atomic mass is 11.0. The second-order valence-corrected chi connectivity index (χ2v) is 3.04. The molecule has 0 amide bonds. The van der Waals surface area contributed by atoms with Gasteiger partial charge in [-0.15, -0.1) is 0 Å². The highest BCUT2D eigenvalue weighted by Crippen LogP contribution is 2.20. The first-order chi connectivity index (χ1) is 3.29. The highest BCUT2D eigenvalue weighted by molar-refractivity contribution is 7.19. The second-order valence-electron chi connectivity index (χ2n) is 0.852. The third-order valence-electron chi connectivity index (χ3n) is 0.406. The van der Waals surface area contributed by atoms with Crippen molar-refractivity contribution in [1.82, 2.24) is 4.98 Å². The van der Waals surface area contributed by atoms with Crippen LogP contribution in [0, 0.1) is 6.20 Å². The number of thiazole rings is 1. The third-order valence-corrected chi connectivity index (χ3v) is 1.57. The minimum atomic E-state index is 0.435. The Labute approximate surface area is 54.9 Å². The van der Waals surface area contributed by atoms with Crippen molar-refractivity contribution in [3.63, 3.8) is 0 Å². The molecule has 4 heteroatoms. The molecule has 0 aliphatic heterocycles. The topological polar surface area (TPSA) is 12.9 Å². The number of hydrogen-bond donors (Lipinski definition) is 0. The molecule has 0 N–H and O–H groups in total. The summed E-state index contributed by atoms with van der Waals surface area (Å²) >= 11 is 11.9. The van der Waals surface area contributed by atoms with E-state index < -0.39 is 0 Å². The Morgan fingerprint density at radius 1 is 1.57 bits per heavy atom. The number of halogens is 2. The largest absolute Gasteiger partial charge is 0.222 e. The van der Waals surface area contributed by atoms with Crippen molar-refractivity contribution in [3.8, 4) is 0 Å². The zero-order chi connectivity index (χ0) is 5.28. The molecule has 0 saturated heterocycles. The summed E-state index contributed by atoms with van der Waals surface area (Å²) < 4.78 is 0.940. The van der Waals surface area contributed by atoms with Crippen LogP contribution in [0.15, 0.2) is 0 Å². The Bertz CT molecular complexity index is 145. The van der Waals surface area contributed by atoms with Gasteiger partial charge in [-0.05, 0) is 0 Å². The van der Waals surface area contributed by atoms with Crippen LogP contribution in [0.25, 0.3) is 0 Å². The zero-order valence-corrected chi connectivity index (χ0v) is 5.44. The van der Waals surface area contributed by atoms with E-state index in [9.17, 15) is 0 Å². The van der Waals surface area contributed by atoms with Crippen LogP contribution in [0.5, 0.6) is 0 Å². The van der Waals surface area contributed by atoms with Crippen LogP contribution in [-0.4, -0.2) is 4.98 Å². The molecule has 0 aliphatic rings. The van der Waals surface area contributed by atoms with Gasteiger partial charge >= 0.3 is 0 Å². The van der Waals surface area contributed by atoms with Gasteiger partial charge in [-0.2, -0.15) is 0 Å². The fourth-order valence-electron chi connectivity index (χ4n) is 0.207. The Balaban J connectivity index is 3.04. The van der Waals surface area contributed by atoms with Gasteiger partial charge in [-0.25, -0.2) is 4.98 Å². The van der Waals surface area contributed by atoms with E-state index in [4.69, 9.17) is 23.2 Å². The fourth-order valence-corrected chi connectivity index (χ4v) is 1.19. The van der Waals surface area contributed by atoms with Crippen molar-refractivity contribution < 1.29 is 0 Å². The first-order valence-electron chi connectivity index (χ1n) is 1.48. The average Bonchev–Trinajstić information content (AvgIpc) is 1.87. The van der Waals surface area contributed by atoms with Gasteiger partial charge in [-0.1, -0.05) is 34.5 Å². The predicted molar refractivity (Wildman–Crippen MR) is 31.0 cm³/mol. The van der Waals surface area contributed by atoms with E-state index in [0.29, 0.717) is 8.80 Å². The molecule has 1 heterocycles. The second kappa shape index (κ2) is 1.99. The Kier molecular flexibility index (Phi) is 1.52. The Morgan fingerprint density at radius 2 is 2.29 bits per heavy atom. The molecule has 0 fully saturated rings. The van der Waals surface area contributed by atoms with E-state index in [2.05, 4.69) is 11.2 Å². The highest BCUT2D eigenvalue weighted by atomic mass is 35.5. The number of rotatable bonds is 0. The average molecular weight is 153 g/mol.